The van der Waals surface area contributed by atoms with Crippen LogP contribution in [0.3, 0.4) is 0 Å². The van der Waals surface area contributed by atoms with Gasteiger partial charge in [-0.25, -0.2) is 9.69 Å². The van der Waals surface area contributed by atoms with Crippen molar-refractivity contribution in [3.63, 3.8) is 0 Å². The fraction of sp³-hybridized carbons (Fsp3) is 0.261. The molecule has 0 aliphatic carbocycles. The highest BCUT2D eigenvalue weighted by molar-refractivity contribution is 8.04. The first kappa shape index (κ1) is 21.2. The van der Waals surface area contributed by atoms with E-state index < -0.39 is 34.9 Å². The van der Waals surface area contributed by atoms with Crippen LogP contribution in [0.5, 0.6) is 23.0 Å². The lowest BCUT2D eigenvalue weighted by molar-refractivity contribution is -0.132. The number of methoxy groups -OCH3 is 3. The Hall–Kier alpha value is -3.66. The molecule has 3 aliphatic heterocycles. The lowest BCUT2D eigenvalue weighted by Crippen LogP contribution is -2.39. The third-order valence-electron chi connectivity index (χ3n) is 6.09. The van der Waals surface area contributed by atoms with Crippen molar-refractivity contribution in [2.75, 3.05) is 26.2 Å². The number of esters is 1. The van der Waals surface area contributed by atoms with Crippen LogP contribution in [0, 0.1) is 5.92 Å². The lowest BCUT2D eigenvalue weighted by atomic mass is 9.77. The molecule has 0 bridgehead atoms. The number of amides is 2. The molecule has 9 nitrogen and oxygen atoms in total. The van der Waals surface area contributed by atoms with Gasteiger partial charge in [0.25, 0.3) is 0 Å². The van der Waals surface area contributed by atoms with Crippen LogP contribution in [0.1, 0.15) is 11.5 Å². The second-order valence-corrected chi connectivity index (χ2v) is 8.82. The maximum absolute atomic E-state index is 13.7. The molecule has 0 radical (unpaired) electrons. The van der Waals surface area contributed by atoms with Crippen molar-refractivity contribution in [2.24, 2.45) is 11.7 Å². The van der Waals surface area contributed by atoms with Gasteiger partial charge in [-0.15, -0.1) is 0 Å². The lowest BCUT2D eigenvalue weighted by Gasteiger charge is -2.36. The van der Waals surface area contributed by atoms with E-state index in [0.717, 1.165) is 16.7 Å². The molecule has 2 aromatic rings. The van der Waals surface area contributed by atoms with E-state index >= 15 is 0 Å². The number of carbonyl (C=O) groups excluding carboxylic acids is 3. The number of imide groups is 1. The fourth-order valence-corrected chi connectivity index (χ4v) is 5.87. The molecule has 2 amide bonds. The summed E-state index contributed by atoms with van der Waals surface area (Å²) in [6.45, 7) is 0. The van der Waals surface area contributed by atoms with Gasteiger partial charge in [-0.1, -0.05) is 23.9 Å². The van der Waals surface area contributed by atoms with Crippen molar-refractivity contribution < 1.29 is 33.3 Å². The first-order valence-electron chi connectivity index (χ1n) is 10.1. The van der Waals surface area contributed by atoms with E-state index in [1.165, 1.54) is 21.3 Å². The van der Waals surface area contributed by atoms with Crippen molar-refractivity contribution in [1.82, 2.24) is 0 Å². The third-order valence-corrected chi connectivity index (χ3v) is 7.31. The maximum Gasteiger partial charge on any atom is 0.342 e. The smallest absolute Gasteiger partial charge is 0.342 e. The van der Waals surface area contributed by atoms with Gasteiger partial charge in [0, 0.05) is 17.5 Å². The highest BCUT2D eigenvalue weighted by Gasteiger charge is 2.59. The van der Waals surface area contributed by atoms with Crippen LogP contribution in [-0.4, -0.2) is 44.4 Å². The number of nitrogens with zero attached hydrogens (tertiary/aromatic N) is 1. The molecule has 0 unspecified atom stereocenters. The Kier molecular flexibility index (Phi) is 4.97. The average Bonchev–Trinajstić information content (AvgIpc) is 3.07. The van der Waals surface area contributed by atoms with Crippen LogP contribution in [0.4, 0.5) is 5.69 Å². The molecule has 3 aliphatic rings. The van der Waals surface area contributed by atoms with Crippen molar-refractivity contribution in [3.8, 4) is 23.0 Å². The fourth-order valence-electron chi connectivity index (χ4n) is 4.63. The van der Waals surface area contributed by atoms with Gasteiger partial charge in [-0.3, -0.25) is 9.59 Å². The summed E-state index contributed by atoms with van der Waals surface area (Å²) >= 11 is 1.02. The molecule has 10 heteroatoms. The van der Waals surface area contributed by atoms with E-state index in [9.17, 15) is 14.4 Å². The van der Waals surface area contributed by atoms with Crippen LogP contribution in [0.2, 0.25) is 0 Å². The van der Waals surface area contributed by atoms with Gasteiger partial charge < -0.3 is 24.7 Å². The molecule has 3 heterocycles. The zero-order chi connectivity index (χ0) is 23.4. The Bertz CT molecular complexity index is 1240. The normalized spacial score (nSPS) is 23.5. The largest absolute Gasteiger partial charge is 0.493 e. The molecule has 0 spiro atoms. The van der Waals surface area contributed by atoms with Gasteiger partial charge in [-0.2, -0.15) is 0 Å². The number of fused-ring (bicyclic) bond motifs is 5. The minimum Gasteiger partial charge on any atom is -0.493 e. The van der Waals surface area contributed by atoms with Gasteiger partial charge in [0.05, 0.1) is 43.5 Å². The van der Waals surface area contributed by atoms with Gasteiger partial charge in [0.15, 0.2) is 23.0 Å². The first-order valence-corrected chi connectivity index (χ1v) is 10.9. The Morgan fingerprint density at radius 3 is 2.36 bits per heavy atom. The average molecular weight is 468 g/mol. The van der Waals surface area contributed by atoms with Gasteiger partial charge in [-0.05, 0) is 18.2 Å². The monoisotopic (exact) mass is 468 g/mol. The van der Waals surface area contributed by atoms with Crippen molar-refractivity contribution in [2.45, 2.75) is 11.2 Å². The van der Waals surface area contributed by atoms with Gasteiger partial charge in [0.1, 0.15) is 5.25 Å². The van der Waals surface area contributed by atoms with E-state index in [2.05, 4.69) is 0 Å². The number of rotatable bonds is 4. The summed E-state index contributed by atoms with van der Waals surface area (Å²) in [5, 5.41) is -0.612. The summed E-state index contributed by atoms with van der Waals surface area (Å²) in [5.74, 6) is -1.60. The third kappa shape index (κ3) is 2.97. The highest BCUT2D eigenvalue weighted by atomic mass is 32.2. The molecule has 33 heavy (non-hydrogen) atoms. The predicted octanol–water partition coefficient (Wildman–Crippen LogP) is 2.19. The number of ether oxygens (including phenoxy) is 4. The molecule has 1 saturated heterocycles. The summed E-state index contributed by atoms with van der Waals surface area (Å²) in [6.07, 6.45) is 0. The van der Waals surface area contributed by atoms with Crippen LogP contribution in [0.25, 0.3) is 0 Å². The maximum atomic E-state index is 13.7. The molecule has 0 saturated carbocycles. The Morgan fingerprint density at radius 2 is 1.67 bits per heavy atom. The molecular weight excluding hydrogens is 448 g/mol. The van der Waals surface area contributed by atoms with E-state index in [4.69, 9.17) is 24.7 Å². The van der Waals surface area contributed by atoms with Crippen LogP contribution < -0.4 is 29.6 Å². The summed E-state index contributed by atoms with van der Waals surface area (Å²) in [7, 11) is 4.43. The van der Waals surface area contributed by atoms with Crippen LogP contribution in [-0.2, 0) is 14.4 Å². The van der Waals surface area contributed by atoms with Gasteiger partial charge >= 0.3 is 5.97 Å². The summed E-state index contributed by atoms with van der Waals surface area (Å²) in [5.41, 5.74) is 7.35. The van der Waals surface area contributed by atoms with Gasteiger partial charge in [0.2, 0.25) is 11.8 Å². The zero-order valence-corrected chi connectivity index (χ0v) is 18.8. The molecule has 5 rings (SSSR count). The number of thioether (sulfide) groups is 1. The number of hydrogen-bond acceptors (Lipinski definition) is 9. The number of hydrogen-bond donors (Lipinski definition) is 1. The molecule has 170 valence electrons. The number of benzene rings is 2. The van der Waals surface area contributed by atoms with Crippen molar-refractivity contribution >= 4 is 35.2 Å². The van der Waals surface area contributed by atoms with Crippen molar-refractivity contribution in [1.29, 1.82) is 0 Å². The minimum atomic E-state index is -0.836. The van der Waals surface area contributed by atoms with Crippen LogP contribution >= 0.6 is 11.8 Å². The molecule has 0 aromatic heterocycles. The number of anilines is 1. The van der Waals surface area contributed by atoms with Crippen LogP contribution in [0.15, 0.2) is 47.0 Å². The molecule has 2 N–H and O–H groups in total. The predicted molar refractivity (Wildman–Crippen MR) is 119 cm³/mol. The highest BCUT2D eigenvalue weighted by Crippen LogP contribution is 2.56. The number of nitrogens with two attached hydrogens (primary N) is 1. The molecular formula is C23H20N2O7S. The van der Waals surface area contributed by atoms with E-state index in [-0.39, 0.29) is 16.4 Å². The van der Waals surface area contributed by atoms with E-state index in [0.29, 0.717) is 28.5 Å². The standard InChI is InChI=1S/C23H20N2O7S/c1-29-12-8-7-10(9-14(12)31-3)25-21(26)16-15-11-5-4-6-13(30-2)18(11)32-23(28)17(15)20(24)33-19(16)22(25)27/h4-9,15-16,19H,24H2,1-3H3/t15-,16-,19+/m0/s1. The summed E-state index contributed by atoms with van der Waals surface area (Å²) in [4.78, 5) is 41.2. The number of carbonyl (C=O) groups is 3. The van der Waals surface area contributed by atoms with Crippen molar-refractivity contribution in [3.05, 3.63) is 52.6 Å². The topological polar surface area (TPSA) is 117 Å². The number of para-hydroxylation sites is 1. The first-order chi connectivity index (χ1) is 15.9. The quantitative estimate of drug-likeness (QED) is 0.409. The SMILES string of the molecule is COc1ccc(N2C(=O)[C@@H]3[C@@H](SC(N)=C4C(=O)Oc5c(OC)cccc5[C@H]43)C2=O)cc1OC. The molecule has 2 aromatic carbocycles. The summed E-state index contributed by atoms with van der Waals surface area (Å²) in [6, 6.07) is 9.97. The Labute approximate surface area is 193 Å². The molecule has 1 fully saturated rings. The molecule has 3 atom stereocenters. The Morgan fingerprint density at radius 1 is 0.939 bits per heavy atom. The second-order valence-electron chi connectivity index (χ2n) is 7.64. The summed E-state index contributed by atoms with van der Waals surface area (Å²) < 4.78 is 21.5. The second kappa shape index (κ2) is 7.73. The zero-order valence-electron chi connectivity index (χ0n) is 18.0. The Balaban J connectivity index is 1.64. The van der Waals surface area contributed by atoms with E-state index in [1.54, 1.807) is 36.4 Å². The van der Waals surface area contributed by atoms with E-state index in [1.807, 2.05) is 0 Å². The minimum absolute atomic E-state index is 0.176.